The standard InChI is InChI=1S/C25H29N5.HI/c1-26-25(30-14-11-22(12-15-30)17-21-5-3-2-4-6-21)28-18-23-7-9-24(10-8-23)19-29-16-13-27-20-29;/h2-10,13,16-17,20H,11-12,14-15,18-19H2,1H3,(H,26,28);1H. The molecule has 2 heterocycles. The van der Waals surface area contributed by atoms with Crippen molar-refractivity contribution in [2.75, 3.05) is 20.1 Å². The van der Waals surface area contributed by atoms with Crippen molar-refractivity contribution in [1.29, 1.82) is 0 Å². The zero-order valence-electron chi connectivity index (χ0n) is 17.9. The van der Waals surface area contributed by atoms with Gasteiger partial charge in [-0.15, -0.1) is 24.0 Å². The monoisotopic (exact) mass is 527 g/mol. The highest BCUT2D eigenvalue weighted by Gasteiger charge is 2.17. The summed E-state index contributed by atoms with van der Waals surface area (Å²) in [7, 11) is 1.87. The lowest BCUT2D eigenvalue weighted by Gasteiger charge is -2.31. The van der Waals surface area contributed by atoms with Crippen LogP contribution in [0.4, 0.5) is 0 Å². The lowest BCUT2D eigenvalue weighted by molar-refractivity contribution is 0.375. The molecule has 0 unspecified atom stereocenters. The fourth-order valence-corrected chi connectivity index (χ4v) is 3.80. The van der Waals surface area contributed by atoms with Gasteiger partial charge in [0.15, 0.2) is 5.96 Å². The first-order valence-corrected chi connectivity index (χ1v) is 10.5. The van der Waals surface area contributed by atoms with Crippen molar-refractivity contribution in [3.8, 4) is 0 Å². The maximum absolute atomic E-state index is 4.51. The van der Waals surface area contributed by atoms with Gasteiger partial charge < -0.3 is 14.8 Å². The molecule has 0 radical (unpaired) electrons. The van der Waals surface area contributed by atoms with E-state index in [1.165, 1.54) is 22.3 Å². The zero-order valence-corrected chi connectivity index (χ0v) is 20.3. The summed E-state index contributed by atoms with van der Waals surface area (Å²) < 4.78 is 2.08. The summed E-state index contributed by atoms with van der Waals surface area (Å²) in [5.41, 5.74) is 5.34. The van der Waals surface area contributed by atoms with Crippen LogP contribution in [0.25, 0.3) is 6.08 Å². The number of benzene rings is 2. The summed E-state index contributed by atoms with van der Waals surface area (Å²) in [6.45, 7) is 3.63. The molecule has 2 aromatic carbocycles. The molecule has 4 rings (SSSR count). The highest BCUT2D eigenvalue weighted by molar-refractivity contribution is 14.0. The van der Waals surface area contributed by atoms with Gasteiger partial charge in [-0.25, -0.2) is 4.98 Å². The van der Waals surface area contributed by atoms with E-state index in [1.807, 2.05) is 25.8 Å². The van der Waals surface area contributed by atoms with Gasteiger partial charge in [0.1, 0.15) is 0 Å². The van der Waals surface area contributed by atoms with E-state index in [2.05, 4.69) is 85.4 Å². The molecule has 0 bridgehead atoms. The number of guanidine groups is 1. The van der Waals surface area contributed by atoms with Crippen molar-refractivity contribution < 1.29 is 0 Å². The van der Waals surface area contributed by atoms with Crippen molar-refractivity contribution in [2.24, 2.45) is 4.99 Å². The van der Waals surface area contributed by atoms with Gasteiger partial charge in [0.2, 0.25) is 0 Å². The van der Waals surface area contributed by atoms with E-state index in [4.69, 9.17) is 0 Å². The number of aromatic nitrogens is 2. The molecule has 0 aliphatic carbocycles. The smallest absolute Gasteiger partial charge is 0.193 e. The van der Waals surface area contributed by atoms with Crippen LogP contribution >= 0.6 is 24.0 Å². The van der Waals surface area contributed by atoms with Crippen LogP contribution in [0.5, 0.6) is 0 Å². The highest BCUT2D eigenvalue weighted by Crippen LogP contribution is 2.19. The predicted octanol–water partition coefficient (Wildman–Crippen LogP) is 4.80. The molecule has 3 aromatic rings. The van der Waals surface area contributed by atoms with Crippen molar-refractivity contribution in [3.05, 3.63) is 95.6 Å². The minimum absolute atomic E-state index is 0. The topological polar surface area (TPSA) is 45.5 Å². The highest BCUT2D eigenvalue weighted by atomic mass is 127. The minimum Gasteiger partial charge on any atom is -0.352 e. The lowest BCUT2D eigenvalue weighted by atomic mass is 10.0. The summed E-state index contributed by atoms with van der Waals surface area (Å²) >= 11 is 0. The number of hydrogen-bond acceptors (Lipinski definition) is 2. The Labute approximate surface area is 201 Å². The van der Waals surface area contributed by atoms with Crippen LogP contribution < -0.4 is 5.32 Å². The maximum atomic E-state index is 4.51. The molecule has 31 heavy (non-hydrogen) atoms. The van der Waals surface area contributed by atoms with Gasteiger partial charge in [-0.2, -0.15) is 0 Å². The van der Waals surface area contributed by atoms with E-state index in [0.29, 0.717) is 0 Å². The number of hydrogen-bond donors (Lipinski definition) is 1. The average molecular weight is 527 g/mol. The van der Waals surface area contributed by atoms with Crippen molar-refractivity contribution in [3.63, 3.8) is 0 Å². The molecule has 0 amide bonds. The Kier molecular flexibility index (Phi) is 8.70. The Hall–Kier alpha value is -2.61. The first-order valence-electron chi connectivity index (χ1n) is 10.5. The zero-order chi connectivity index (χ0) is 20.6. The number of nitrogens with zero attached hydrogens (tertiary/aromatic N) is 4. The first kappa shape index (κ1) is 23.1. The Morgan fingerprint density at radius 1 is 1.03 bits per heavy atom. The maximum Gasteiger partial charge on any atom is 0.193 e. The SMILES string of the molecule is CN=C(NCc1ccc(Cn2ccnc2)cc1)N1CCC(=Cc2ccccc2)CC1.I. The molecule has 0 saturated carbocycles. The average Bonchev–Trinajstić information content (AvgIpc) is 3.30. The van der Waals surface area contributed by atoms with Crippen LogP contribution in [-0.2, 0) is 13.1 Å². The van der Waals surface area contributed by atoms with Gasteiger partial charge in [0, 0.05) is 45.6 Å². The molecule has 0 spiro atoms. The summed E-state index contributed by atoms with van der Waals surface area (Å²) in [5.74, 6) is 0.983. The van der Waals surface area contributed by atoms with E-state index in [-0.39, 0.29) is 24.0 Å². The molecule has 1 aliphatic rings. The van der Waals surface area contributed by atoms with Gasteiger partial charge in [0.05, 0.1) is 6.33 Å². The summed E-state index contributed by atoms with van der Waals surface area (Å²) in [5, 5.41) is 3.53. The molecule has 1 saturated heterocycles. The number of halogens is 1. The number of imidazole rings is 1. The number of likely N-dealkylation sites (tertiary alicyclic amines) is 1. The number of aliphatic imine (C=N–C) groups is 1. The molecule has 1 aromatic heterocycles. The Balaban J connectivity index is 0.00000272. The van der Waals surface area contributed by atoms with E-state index in [1.54, 1.807) is 0 Å². The molecule has 1 fully saturated rings. The summed E-state index contributed by atoms with van der Waals surface area (Å²) in [6, 6.07) is 19.3. The fourth-order valence-electron chi connectivity index (χ4n) is 3.80. The van der Waals surface area contributed by atoms with E-state index < -0.39 is 0 Å². The second kappa shape index (κ2) is 11.7. The van der Waals surface area contributed by atoms with Crippen LogP contribution in [0.3, 0.4) is 0 Å². The predicted molar refractivity (Wildman–Crippen MR) is 139 cm³/mol. The molecule has 5 nitrogen and oxygen atoms in total. The quantitative estimate of drug-likeness (QED) is 0.295. The van der Waals surface area contributed by atoms with Crippen LogP contribution in [0.1, 0.15) is 29.5 Å². The minimum atomic E-state index is 0. The van der Waals surface area contributed by atoms with Crippen molar-refractivity contribution in [2.45, 2.75) is 25.9 Å². The van der Waals surface area contributed by atoms with Crippen LogP contribution in [0, 0.1) is 0 Å². The molecule has 0 atom stereocenters. The van der Waals surface area contributed by atoms with Gasteiger partial charge >= 0.3 is 0 Å². The van der Waals surface area contributed by atoms with Crippen molar-refractivity contribution in [1.82, 2.24) is 19.8 Å². The third-order valence-electron chi connectivity index (χ3n) is 5.49. The van der Waals surface area contributed by atoms with Crippen LogP contribution in [-0.4, -0.2) is 40.5 Å². The molecule has 162 valence electrons. The Morgan fingerprint density at radius 3 is 2.39 bits per heavy atom. The molecular weight excluding hydrogens is 497 g/mol. The molecule has 1 N–H and O–H groups in total. The number of rotatable bonds is 5. The summed E-state index contributed by atoms with van der Waals surface area (Å²) in [6.07, 6.45) is 10.1. The van der Waals surface area contributed by atoms with Crippen LogP contribution in [0.2, 0.25) is 0 Å². The third kappa shape index (κ3) is 6.69. The van der Waals surface area contributed by atoms with Gasteiger partial charge in [0.25, 0.3) is 0 Å². The second-order valence-corrected chi connectivity index (χ2v) is 7.65. The van der Waals surface area contributed by atoms with E-state index in [0.717, 1.165) is 45.0 Å². The number of piperidine rings is 1. The van der Waals surface area contributed by atoms with Gasteiger partial charge in [-0.3, -0.25) is 4.99 Å². The fraction of sp³-hybridized carbons (Fsp3) is 0.280. The number of nitrogens with one attached hydrogen (secondary N) is 1. The molecule has 1 aliphatic heterocycles. The van der Waals surface area contributed by atoms with E-state index in [9.17, 15) is 0 Å². The summed E-state index contributed by atoms with van der Waals surface area (Å²) in [4.78, 5) is 11.0. The normalized spacial score (nSPS) is 14.2. The van der Waals surface area contributed by atoms with Crippen LogP contribution in [0.15, 0.2) is 83.9 Å². The van der Waals surface area contributed by atoms with Crippen molar-refractivity contribution >= 4 is 36.0 Å². The first-order chi connectivity index (χ1) is 14.8. The van der Waals surface area contributed by atoms with Gasteiger partial charge in [-0.1, -0.05) is 66.2 Å². The Morgan fingerprint density at radius 2 is 1.74 bits per heavy atom. The third-order valence-corrected chi connectivity index (χ3v) is 5.49. The molecule has 6 heteroatoms. The second-order valence-electron chi connectivity index (χ2n) is 7.65. The molecular formula is C25H30IN5. The lowest BCUT2D eigenvalue weighted by Crippen LogP contribution is -2.44. The van der Waals surface area contributed by atoms with Gasteiger partial charge in [-0.05, 0) is 29.5 Å². The largest absolute Gasteiger partial charge is 0.352 e. The Bertz CT molecular complexity index is 969. The van der Waals surface area contributed by atoms with E-state index >= 15 is 0 Å².